The summed E-state index contributed by atoms with van der Waals surface area (Å²) in [7, 11) is 1.94. The first-order valence-corrected chi connectivity index (χ1v) is 11.6. The lowest BCUT2D eigenvalue weighted by atomic mass is 9.79. The molecule has 0 aliphatic carbocycles. The molecule has 8 heteroatoms. The first-order valence-electron chi connectivity index (χ1n) is 10.7. The molecule has 1 fully saturated rings. The summed E-state index contributed by atoms with van der Waals surface area (Å²) in [6, 6.07) is 3.42. The van der Waals surface area contributed by atoms with Crippen molar-refractivity contribution in [2.45, 2.75) is 62.2 Å². The third-order valence-corrected chi connectivity index (χ3v) is 6.73. The summed E-state index contributed by atoms with van der Waals surface area (Å²) in [6.07, 6.45) is 0. The second-order valence-corrected chi connectivity index (χ2v) is 11.5. The molecule has 2 heterocycles. The van der Waals surface area contributed by atoms with Crippen molar-refractivity contribution in [3.8, 4) is 5.75 Å². The third kappa shape index (κ3) is 5.01. The van der Waals surface area contributed by atoms with Crippen molar-refractivity contribution in [3.05, 3.63) is 40.8 Å². The summed E-state index contributed by atoms with van der Waals surface area (Å²) in [4.78, 5) is 7.47. The highest BCUT2D eigenvalue weighted by Crippen LogP contribution is 2.44. The monoisotopic (exact) mass is 467 g/mol. The fourth-order valence-electron chi connectivity index (χ4n) is 3.72. The molecule has 0 amide bonds. The topological polar surface area (TPSA) is 39.6 Å². The van der Waals surface area contributed by atoms with E-state index in [2.05, 4.69) is 9.88 Å². The van der Waals surface area contributed by atoms with E-state index < -0.39 is 33.3 Å². The Bertz CT molecular complexity index is 972. The maximum absolute atomic E-state index is 15.0. The van der Waals surface area contributed by atoms with Crippen LogP contribution in [-0.2, 0) is 10.8 Å². The number of rotatable bonds is 3. The quantitative estimate of drug-likeness (QED) is 0.586. The van der Waals surface area contributed by atoms with Crippen molar-refractivity contribution in [2.75, 3.05) is 38.1 Å². The minimum Gasteiger partial charge on any atom is -0.507 e. The fourth-order valence-corrected chi connectivity index (χ4v) is 4.62. The number of hydrogen-bond acceptors (Lipinski definition) is 5. The van der Waals surface area contributed by atoms with Crippen molar-refractivity contribution in [1.29, 1.82) is 0 Å². The summed E-state index contributed by atoms with van der Waals surface area (Å²) in [6.45, 7) is 14.0. The Balaban J connectivity index is 2.04. The molecule has 0 saturated carbocycles. The lowest BCUT2D eigenvalue weighted by molar-refractivity contribution is 0.309. The Hall–Kier alpha value is -1.93. The Kier molecular flexibility index (Phi) is 6.78. The Morgan fingerprint density at radius 3 is 1.84 bits per heavy atom. The van der Waals surface area contributed by atoms with Gasteiger partial charge >= 0.3 is 0 Å². The number of anilines is 1. The lowest BCUT2D eigenvalue weighted by Gasteiger charge is -2.33. The van der Waals surface area contributed by atoms with E-state index in [1.54, 1.807) is 17.0 Å². The Morgan fingerprint density at radius 1 is 0.875 bits per heavy atom. The smallest absolute Gasteiger partial charge is 0.232 e. The molecule has 1 aliphatic heterocycles. The number of aromatic hydroxyl groups is 1. The number of nitrogens with zero attached hydrogens (tertiary/aromatic N) is 3. The maximum Gasteiger partial charge on any atom is 0.232 e. The van der Waals surface area contributed by atoms with Crippen molar-refractivity contribution in [2.24, 2.45) is 0 Å². The van der Waals surface area contributed by atoms with Gasteiger partial charge in [-0.25, -0.2) is 4.39 Å². The summed E-state index contributed by atoms with van der Waals surface area (Å²) in [5.41, 5.74) is 0.533. The van der Waals surface area contributed by atoms with E-state index in [-0.39, 0.29) is 11.6 Å². The van der Waals surface area contributed by atoms with Crippen molar-refractivity contribution in [3.63, 3.8) is 0 Å². The van der Waals surface area contributed by atoms with E-state index in [1.165, 1.54) is 0 Å². The molecule has 1 aromatic carbocycles. The number of pyridine rings is 1. The average Bonchev–Trinajstić information content (AvgIpc) is 2.68. The molecule has 0 radical (unpaired) electrons. The van der Waals surface area contributed by atoms with Gasteiger partial charge in [0.05, 0.1) is 0 Å². The van der Waals surface area contributed by atoms with Crippen LogP contribution in [0.3, 0.4) is 0 Å². The van der Waals surface area contributed by atoms with Gasteiger partial charge in [-0.3, -0.25) is 0 Å². The molecule has 1 aromatic heterocycles. The number of likely N-dealkylation sites (N-methyl/N-ethyl adjacent to an activating group) is 1. The van der Waals surface area contributed by atoms with E-state index in [0.29, 0.717) is 42.2 Å². The zero-order valence-electron chi connectivity index (χ0n) is 19.8. The largest absolute Gasteiger partial charge is 0.507 e. The molecule has 1 aliphatic rings. The van der Waals surface area contributed by atoms with Crippen LogP contribution in [-0.4, -0.2) is 48.2 Å². The minimum atomic E-state index is -1.24. The van der Waals surface area contributed by atoms with Crippen LogP contribution in [0.2, 0.25) is 0 Å². The molecule has 32 heavy (non-hydrogen) atoms. The number of benzene rings is 1. The summed E-state index contributed by atoms with van der Waals surface area (Å²) in [5.74, 6) is -3.52. The average molecular weight is 468 g/mol. The number of piperazine rings is 1. The van der Waals surface area contributed by atoms with Crippen LogP contribution < -0.4 is 4.90 Å². The predicted octanol–water partition coefficient (Wildman–Crippen LogP) is 5.70. The molecule has 2 aromatic rings. The zero-order valence-corrected chi connectivity index (χ0v) is 20.6. The molecule has 176 valence electrons. The number of halogens is 3. The Morgan fingerprint density at radius 2 is 1.38 bits per heavy atom. The highest BCUT2D eigenvalue weighted by atomic mass is 32.2. The zero-order chi connectivity index (χ0) is 24.0. The number of phenolic OH excluding ortho intramolecular Hbond substituents is 1. The van der Waals surface area contributed by atoms with E-state index in [1.807, 2.05) is 48.6 Å². The third-order valence-electron chi connectivity index (χ3n) is 5.70. The van der Waals surface area contributed by atoms with Gasteiger partial charge in [0.25, 0.3) is 0 Å². The molecule has 0 atom stereocenters. The second-order valence-electron chi connectivity index (χ2n) is 10.4. The molecule has 1 saturated heterocycles. The van der Waals surface area contributed by atoms with Crippen LogP contribution in [0.1, 0.15) is 52.7 Å². The summed E-state index contributed by atoms with van der Waals surface area (Å²) in [5, 5.41) is 10.9. The van der Waals surface area contributed by atoms with Crippen LogP contribution in [0.15, 0.2) is 21.9 Å². The van der Waals surface area contributed by atoms with Crippen LogP contribution in [0.25, 0.3) is 0 Å². The Labute approximate surface area is 192 Å². The van der Waals surface area contributed by atoms with Gasteiger partial charge in [-0.15, -0.1) is 0 Å². The minimum absolute atomic E-state index is 0.171. The van der Waals surface area contributed by atoms with Crippen molar-refractivity contribution < 1.29 is 18.3 Å². The number of hydrogen-bond donors (Lipinski definition) is 1. The van der Waals surface area contributed by atoms with Gasteiger partial charge in [0.15, 0.2) is 11.6 Å². The van der Waals surface area contributed by atoms with E-state index in [0.717, 1.165) is 11.8 Å². The molecule has 4 nitrogen and oxygen atoms in total. The highest BCUT2D eigenvalue weighted by molar-refractivity contribution is 7.99. The van der Waals surface area contributed by atoms with E-state index in [4.69, 9.17) is 0 Å². The van der Waals surface area contributed by atoms with E-state index in [9.17, 15) is 13.9 Å². The molecule has 0 unspecified atom stereocenters. The van der Waals surface area contributed by atoms with Gasteiger partial charge in [0, 0.05) is 42.2 Å². The highest BCUT2D eigenvalue weighted by Gasteiger charge is 2.29. The van der Waals surface area contributed by atoms with Gasteiger partial charge in [-0.1, -0.05) is 53.3 Å². The SMILES string of the molecule is CN1CCN(c2nc(F)c(Sc3cc(C(C)(C)C)c(O)c(C(C)(C)C)c3)c(F)c2F)CC1. The maximum atomic E-state index is 15.0. The van der Waals surface area contributed by atoms with Crippen molar-refractivity contribution >= 4 is 17.6 Å². The van der Waals surface area contributed by atoms with Crippen LogP contribution in [0, 0.1) is 17.6 Å². The van der Waals surface area contributed by atoms with Gasteiger partial charge in [-0.05, 0) is 30.0 Å². The van der Waals surface area contributed by atoms with Gasteiger partial charge in [0.2, 0.25) is 11.8 Å². The predicted molar refractivity (Wildman–Crippen MR) is 123 cm³/mol. The summed E-state index contributed by atoms with van der Waals surface area (Å²) < 4.78 is 44.9. The first-order chi connectivity index (χ1) is 14.7. The van der Waals surface area contributed by atoms with Gasteiger partial charge in [0.1, 0.15) is 10.6 Å². The number of phenols is 1. The van der Waals surface area contributed by atoms with Crippen LogP contribution >= 0.6 is 11.8 Å². The molecule has 1 N–H and O–H groups in total. The fraction of sp³-hybridized carbons (Fsp3) is 0.542. The van der Waals surface area contributed by atoms with Gasteiger partial charge in [-0.2, -0.15) is 13.8 Å². The van der Waals surface area contributed by atoms with E-state index >= 15 is 4.39 Å². The molecule has 3 rings (SSSR count). The second kappa shape index (κ2) is 8.78. The lowest BCUT2D eigenvalue weighted by Crippen LogP contribution is -2.45. The van der Waals surface area contributed by atoms with Crippen molar-refractivity contribution in [1.82, 2.24) is 9.88 Å². The van der Waals surface area contributed by atoms with Gasteiger partial charge < -0.3 is 14.9 Å². The summed E-state index contributed by atoms with van der Waals surface area (Å²) >= 11 is 0.790. The standard InChI is InChI=1S/C24H32F3N3OS/c1-23(2,3)15-12-14(13-16(19(15)31)24(4,5)6)32-20-17(25)18(26)22(28-21(20)27)30-10-8-29(7)9-11-30/h12-13,31H,8-11H2,1-7H3. The first kappa shape index (κ1) is 24.7. The normalized spacial score (nSPS) is 16.0. The molecule has 0 spiro atoms. The number of aromatic nitrogens is 1. The van der Waals surface area contributed by atoms with Crippen LogP contribution in [0.5, 0.6) is 5.75 Å². The molecule has 0 bridgehead atoms. The molecular formula is C24H32F3N3OS. The molecular weight excluding hydrogens is 435 g/mol. The van der Waals surface area contributed by atoms with Crippen LogP contribution in [0.4, 0.5) is 19.0 Å².